The molecule has 0 atom stereocenters. The van der Waals surface area contributed by atoms with Crippen molar-refractivity contribution in [2.45, 2.75) is 0 Å². The number of nitrogens with two attached hydrogens (primary N) is 1. The molecule has 4 rings (SSSR count). The van der Waals surface area contributed by atoms with E-state index in [0.29, 0.717) is 60.5 Å². The van der Waals surface area contributed by atoms with Crippen molar-refractivity contribution in [2.75, 3.05) is 51.2 Å². The lowest BCUT2D eigenvalue weighted by atomic mass is 10.1. The maximum absolute atomic E-state index is 5.87. The second-order valence-electron chi connectivity index (χ2n) is 6.00. The molecule has 2 aromatic heterocycles. The van der Waals surface area contributed by atoms with E-state index in [1.54, 1.807) is 20.4 Å². The summed E-state index contributed by atoms with van der Waals surface area (Å²) in [5.41, 5.74) is 8.49. The van der Waals surface area contributed by atoms with E-state index in [2.05, 4.69) is 19.9 Å². The van der Waals surface area contributed by atoms with Crippen molar-refractivity contribution >= 4 is 22.9 Å². The number of aromatic nitrogens is 4. The summed E-state index contributed by atoms with van der Waals surface area (Å²) in [5, 5.41) is 0. The number of rotatable bonds is 4. The standard InChI is InChI=1S/C18H20N6O3.2H2O/c1-25-13-4-3-11(9-14(13)26-2)12-10-20-16-15(21-12)17(23-18(19)22-16)24-5-7-27-8-6-24;;/h3-4,9-10H,5-8H2,1-2H3,(H2,19,20,22,23);2*1H2. The monoisotopic (exact) mass is 404 g/mol. The molecule has 0 radical (unpaired) electrons. The minimum absolute atomic E-state index is 0. The Bertz CT molecular complexity index is 980. The molecule has 1 saturated heterocycles. The van der Waals surface area contributed by atoms with Gasteiger partial charge < -0.3 is 35.8 Å². The lowest BCUT2D eigenvalue weighted by Crippen LogP contribution is -2.37. The Kier molecular flexibility index (Phi) is 7.04. The number of morpholine rings is 1. The van der Waals surface area contributed by atoms with Gasteiger partial charge in [0, 0.05) is 18.7 Å². The van der Waals surface area contributed by atoms with Crippen LogP contribution in [-0.4, -0.2) is 71.4 Å². The third-order valence-corrected chi connectivity index (χ3v) is 4.40. The van der Waals surface area contributed by atoms with Gasteiger partial charge in [0.2, 0.25) is 5.95 Å². The van der Waals surface area contributed by atoms with Gasteiger partial charge in [0.05, 0.1) is 39.3 Å². The number of ether oxygens (including phenoxy) is 3. The third-order valence-electron chi connectivity index (χ3n) is 4.40. The molecule has 0 bridgehead atoms. The Morgan fingerprint density at radius 3 is 2.41 bits per heavy atom. The van der Waals surface area contributed by atoms with Gasteiger partial charge in [0.15, 0.2) is 28.5 Å². The largest absolute Gasteiger partial charge is 0.493 e. The number of anilines is 2. The molecular formula is C18H24N6O5. The minimum Gasteiger partial charge on any atom is -0.493 e. The second kappa shape index (κ2) is 9.28. The van der Waals surface area contributed by atoms with E-state index >= 15 is 0 Å². The summed E-state index contributed by atoms with van der Waals surface area (Å²) >= 11 is 0. The molecule has 11 heteroatoms. The van der Waals surface area contributed by atoms with Crippen molar-refractivity contribution in [3.63, 3.8) is 0 Å². The van der Waals surface area contributed by atoms with Gasteiger partial charge in [-0.2, -0.15) is 9.97 Å². The third kappa shape index (κ3) is 4.26. The smallest absolute Gasteiger partial charge is 0.224 e. The first-order valence-corrected chi connectivity index (χ1v) is 8.55. The Labute approximate surface area is 167 Å². The number of nitrogens with zero attached hydrogens (tertiary/aromatic N) is 5. The van der Waals surface area contributed by atoms with Crippen LogP contribution >= 0.6 is 0 Å². The summed E-state index contributed by atoms with van der Waals surface area (Å²) < 4.78 is 16.1. The molecule has 0 spiro atoms. The number of hydrogen-bond acceptors (Lipinski definition) is 9. The van der Waals surface area contributed by atoms with Crippen molar-refractivity contribution < 1.29 is 25.2 Å². The lowest BCUT2D eigenvalue weighted by molar-refractivity contribution is 0.122. The molecule has 3 heterocycles. The highest BCUT2D eigenvalue weighted by Gasteiger charge is 2.19. The van der Waals surface area contributed by atoms with Crippen LogP contribution in [-0.2, 0) is 4.74 Å². The van der Waals surface area contributed by atoms with Gasteiger partial charge in [-0.25, -0.2) is 9.97 Å². The fourth-order valence-corrected chi connectivity index (χ4v) is 3.04. The van der Waals surface area contributed by atoms with Gasteiger partial charge in [0.1, 0.15) is 0 Å². The zero-order valence-electron chi connectivity index (χ0n) is 16.2. The van der Waals surface area contributed by atoms with Crippen molar-refractivity contribution in [1.29, 1.82) is 0 Å². The molecule has 0 unspecified atom stereocenters. The molecule has 0 amide bonds. The lowest BCUT2D eigenvalue weighted by Gasteiger charge is -2.28. The molecule has 29 heavy (non-hydrogen) atoms. The molecule has 1 aliphatic rings. The van der Waals surface area contributed by atoms with Gasteiger partial charge in [-0.05, 0) is 18.2 Å². The molecule has 0 saturated carbocycles. The molecule has 156 valence electrons. The Balaban J connectivity index is 0.00000150. The number of nitrogen functional groups attached to an aromatic ring is 1. The van der Waals surface area contributed by atoms with Crippen LogP contribution in [0.5, 0.6) is 11.5 Å². The van der Waals surface area contributed by atoms with E-state index in [1.165, 1.54) is 0 Å². The van der Waals surface area contributed by atoms with E-state index in [1.807, 2.05) is 18.2 Å². The predicted molar refractivity (Wildman–Crippen MR) is 108 cm³/mol. The maximum atomic E-state index is 5.87. The van der Waals surface area contributed by atoms with Crippen LogP contribution < -0.4 is 20.1 Å². The zero-order chi connectivity index (χ0) is 18.8. The Morgan fingerprint density at radius 1 is 1.00 bits per heavy atom. The van der Waals surface area contributed by atoms with Crippen molar-refractivity contribution in [3.05, 3.63) is 24.4 Å². The fourth-order valence-electron chi connectivity index (χ4n) is 3.04. The first-order chi connectivity index (χ1) is 13.2. The fraction of sp³-hybridized carbons (Fsp3) is 0.333. The molecule has 0 aliphatic carbocycles. The van der Waals surface area contributed by atoms with E-state index < -0.39 is 0 Å². The minimum atomic E-state index is 0. The molecule has 11 nitrogen and oxygen atoms in total. The summed E-state index contributed by atoms with van der Waals surface area (Å²) in [6, 6.07) is 5.60. The highest BCUT2D eigenvalue weighted by atomic mass is 16.5. The maximum Gasteiger partial charge on any atom is 0.224 e. The van der Waals surface area contributed by atoms with E-state index in [0.717, 1.165) is 5.56 Å². The van der Waals surface area contributed by atoms with Crippen LogP contribution in [0.25, 0.3) is 22.4 Å². The highest BCUT2D eigenvalue weighted by Crippen LogP contribution is 2.32. The van der Waals surface area contributed by atoms with Gasteiger partial charge in [-0.1, -0.05) is 0 Å². The van der Waals surface area contributed by atoms with Gasteiger partial charge in [-0.15, -0.1) is 0 Å². The summed E-state index contributed by atoms with van der Waals surface area (Å²) in [6.45, 7) is 2.70. The van der Waals surface area contributed by atoms with Crippen molar-refractivity contribution in [3.8, 4) is 22.8 Å². The van der Waals surface area contributed by atoms with Gasteiger partial charge >= 0.3 is 0 Å². The van der Waals surface area contributed by atoms with Crippen LogP contribution in [0.3, 0.4) is 0 Å². The summed E-state index contributed by atoms with van der Waals surface area (Å²) in [7, 11) is 3.20. The number of benzene rings is 1. The van der Waals surface area contributed by atoms with Crippen LogP contribution in [0.15, 0.2) is 24.4 Å². The first kappa shape index (κ1) is 22.0. The van der Waals surface area contributed by atoms with Gasteiger partial charge in [0.25, 0.3) is 0 Å². The van der Waals surface area contributed by atoms with Crippen molar-refractivity contribution in [1.82, 2.24) is 19.9 Å². The number of hydrogen-bond donors (Lipinski definition) is 1. The predicted octanol–water partition coefficient (Wildman–Crippen LogP) is -0.127. The summed E-state index contributed by atoms with van der Waals surface area (Å²) in [5.74, 6) is 2.13. The van der Waals surface area contributed by atoms with E-state index in [9.17, 15) is 0 Å². The summed E-state index contributed by atoms with van der Waals surface area (Å²) in [6.07, 6.45) is 1.67. The van der Waals surface area contributed by atoms with Gasteiger partial charge in [-0.3, -0.25) is 0 Å². The zero-order valence-corrected chi connectivity index (χ0v) is 16.2. The summed E-state index contributed by atoms with van der Waals surface area (Å²) in [4.78, 5) is 19.9. The molecule has 3 aromatic rings. The average Bonchev–Trinajstić information content (AvgIpc) is 2.73. The van der Waals surface area contributed by atoms with Crippen LogP contribution in [0.2, 0.25) is 0 Å². The SMILES string of the molecule is COc1ccc(-c2cnc3nc(N)nc(N4CCOCC4)c3n2)cc1OC.O.O. The normalized spacial score (nSPS) is 13.4. The van der Waals surface area contributed by atoms with Crippen LogP contribution in [0.4, 0.5) is 11.8 Å². The molecule has 1 aromatic carbocycles. The molecule has 1 fully saturated rings. The topological polar surface area (TPSA) is 172 Å². The number of methoxy groups -OCH3 is 2. The second-order valence-corrected chi connectivity index (χ2v) is 6.00. The Morgan fingerprint density at radius 2 is 1.72 bits per heavy atom. The highest BCUT2D eigenvalue weighted by molar-refractivity contribution is 5.85. The Hall–Kier alpha value is -3.28. The van der Waals surface area contributed by atoms with Crippen molar-refractivity contribution in [2.24, 2.45) is 0 Å². The number of fused-ring (bicyclic) bond motifs is 1. The van der Waals surface area contributed by atoms with E-state index in [4.69, 9.17) is 24.9 Å². The van der Waals surface area contributed by atoms with Crippen LogP contribution in [0, 0.1) is 0 Å². The average molecular weight is 404 g/mol. The van der Waals surface area contributed by atoms with Crippen LogP contribution in [0.1, 0.15) is 0 Å². The first-order valence-electron chi connectivity index (χ1n) is 8.55. The molecule has 6 N–H and O–H groups in total. The quantitative estimate of drug-likeness (QED) is 0.621. The van der Waals surface area contributed by atoms with E-state index in [-0.39, 0.29) is 16.9 Å². The molecule has 1 aliphatic heterocycles. The molecular weight excluding hydrogens is 380 g/mol.